The molecule has 2 rings (SSSR count). The van der Waals surface area contributed by atoms with Crippen molar-refractivity contribution in [3.05, 3.63) is 58.7 Å². The Kier molecular flexibility index (Phi) is 3.72. The van der Waals surface area contributed by atoms with Crippen molar-refractivity contribution in [2.24, 2.45) is 0 Å². The molecule has 0 aliphatic heterocycles. The minimum Gasteiger partial charge on any atom is -0.478 e. The van der Waals surface area contributed by atoms with Crippen LogP contribution in [0.1, 0.15) is 27.0 Å². The smallest absolute Gasteiger partial charge is 0.339 e. The maximum atomic E-state index is 11.2. The van der Waals surface area contributed by atoms with E-state index in [4.69, 9.17) is 15.1 Å². The van der Waals surface area contributed by atoms with Crippen molar-refractivity contribution in [1.82, 2.24) is 0 Å². The molecule has 2 aromatic carbocycles. The van der Waals surface area contributed by atoms with Crippen molar-refractivity contribution >= 4 is 5.97 Å². The normalized spacial score (nSPS) is 9.85. The van der Waals surface area contributed by atoms with Gasteiger partial charge in [0.25, 0.3) is 0 Å². The van der Waals surface area contributed by atoms with E-state index in [0.717, 1.165) is 11.1 Å². The Hall–Kier alpha value is -2.80. The standard InChI is InChI=1S/C16H13NO3/c1-10-7-12(9-17)8-11(2)15(10)20-14-6-4-3-5-13(14)16(18)19/h3-8H,1-2H3,(H,18,19). The van der Waals surface area contributed by atoms with Crippen molar-refractivity contribution < 1.29 is 14.6 Å². The van der Waals surface area contributed by atoms with Gasteiger partial charge in [0.05, 0.1) is 11.6 Å². The van der Waals surface area contributed by atoms with E-state index in [0.29, 0.717) is 11.3 Å². The summed E-state index contributed by atoms with van der Waals surface area (Å²) in [6, 6.07) is 12.0. The molecule has 0 unspecified atom stereocenters. The Balaban J connectivity index is 2.46. The van der Waals surface area contributed by atoms with Gasteiger partial charge in [0.1, 0.15) is 17.1 Å². The van der Waals surface area contributed by atoms with E-state index in [1.54, 1.807) is 30.3 Å². The molecule has 0 bridgehead atoms. The van der Waals surface area contributed by atoms with Crippen LogP contribution >= 0.6 is 0 Å². The molecule has 2 aromatic rings. The van der Waals surface area contributed by atoms with Crippen LogP contribution in [0.2, 0.25) is 0 Å². The number of carbonyl (C=O) groups is 1. The number of para-hydroxylation sites is 1. The molecule has 0 aliphatic carbocycles. The van der Waals surface area contributed by atoms with Gasteiger partial charge in [-0.1, -0.05) is 12.1 Å². The Bertz CT molecular complexity index is 691. The summed E-state index contributed by atoms with van der Waals surface area (Å²) < 4.78 is 5.74. The predicted octanol–water partition coefficient (Wildman–Crippen LogP) is 3.67. The van der Waals surface area contributed by atoms with E-state index < -0.39 is 5.97 Å². The van der Waals surface area contributed by atoms with Crippen LogP contribution in [0.4, 0.5) is 0 Å². The van der Waals surface area contributed by atoms with Crippen LogP contribution in [0, 0.1) is 25.2 Å². The SMILES string of the molecule is Cc1cc(C#N)cc(C)c1Oc1ccccc1C(=O)O. The number of carboxylic acid groups (broad SMARTS) is 1. The van der Waals surface area contributed by atoms with Gasteiger partial charge in [-0.25, -0.2) is 4.79 Å². The number of nitriles is 1. The lowest BCUT2D eigenvalue weighted by Gasteiger charge is -2.13. The van der Waals surface area contributed by atoms with E-state index in [1.807, 2.05) is 13.8 Å². The molecule has 20 heavy (non-hydrogen) atoms. The minimum atomic E-state index is -1.04. The zero-order valence-electron chi connectivity index (χ0n) is 11.2. The Labute approximate surface area is 116 Å². The van der Waals surface area contributed by atoms with E-state index >= 15 is 0 Å². The number of aryl methyl sites for hydroxylation is 2. The fourth-order valence-corrected chi connectivity index (χ4v) is 2.02. The number of carboxylic acids is 1. The maximum Gasteiger partial charge on any atom is 0.339 e. The van der Waals surface area contributed by atoms with Crippen LogP contribution in [-0.2, 0) is 0 Å². The largest absolute Gasteiger partial charge is 0.478 e. The number of nitrogens with zero attached hydrogens (tertiary/aromatic N) is 1. The molecule has 4 heteroatoms. The van der Waals surface area contributed by atoms with E-state index in [1.165, 1.54) is 6.07 Å². The lowest BCUT2D eigenvalue weighted by atomic mass is 10.1. The molecule has 0 heterocycles. The lowest BCUT2D eigenvalue weighted by molar-refractivity contribution is 0.0694. The van der Waals surface area contributed by atoms with Crippen molar-refractivity contribution in [2.45, 2.75) is 13.8 Å². The van der Waals surface area contributed by atoms with E-state index in [-0.39, 0.29) is 11.3 Å². The van der Waals surface area contributed by atoms with Gasteiger partial charge in [0.15, 0.2) is 0 Å². The second-order valence-corrected chi connectivity index (χ2v) is 4.45. The van der Waals surface area contributed by atoms with Crippen LogP contribution in [0.15, 0.2) is 36.4 Å². The second-order valence-electron chi connectivity index (χ2n) is 4.45. The molecule has 0 radical (unpaired) electrons. The predicted molar refractivity (Wildman–Crippen MR) is 74.1 cm³/mol. The minimum absolute atomic E-state index is 0.107. The third kappa shape index (κ3) is 2.62. The van der Waals surface area contributed by atoms with Crippen LogP contribution in [-0.4, -0.2) is 11.1 Å². The Morgan fingerprint density at radius 3 is 2.35 bits per heavy atom. The highest BCUT2D eigenvalue weighted by atomic mass is 16.5. The van der Waals surface area contributed by atoms with Crippen molar-refractivity contribution in [1.29, 1.82) is 5.26 Å². The number of aromatic carboxylic acids is 1. The third-order valence-corrected chi connectivity index (χ3v) is 2.92. The summed E-state index contributed by atoms with van der Waals surface area (Å²) in [6.07, 6.45) is 0. The summed E-state index contributed by atoms with van der Waals surface area (Å²) in [7, 11) is 0. The molecule has 0 aromatic heterocycles. The summed E-state index contributed by atoms with van der Waals surface area (Å²) in [4.78, 5) is 11.2. The van der Waals surface area contributed by atoms with E-state index in [9.17, 15) is 4.79 Å². The van der Waals surface area contributed by atoms with Gasteiger partial charge < -0.3 is 9.84 Å². The van der Waals surface area contributed by atoms with Gasteiger partial charge in [0, 0.05) is 0 Å². The van der Waals surface area contributed by atoms with Crippen molar-refractivity contribution in [2.75, 3.05) is 0 Å². The molecule has 1 N–H and O–H groups in total. The zero-order valence-corrected chi connectivity index (χ0v) is 11.2. The number of rotatable bonds is 3. The molecular weight excluding hydrogens is 254 g/mol. The summed E-state index contributed by atoms with van der Waals surface area (Å²) in [5.74, 6) is -0.168. The molecule has 0 spiro atoms. The summed E-state index contributed by atoms with van der Waals surface area (Å²) >= 11 is 0. The molecule has 100 valence electrons. The number of ether oxygens (including phenoxy) is 1. The molecule has 0 saturated carbocycles. The molecule has 4 nitrogen and oxygen atoms in total. The van der Waals surface area contributed by atoms with Crippen LogP contribution in [0.25, 0.3) is 0 Å². The highest BCUT2D eigenvalue weighted by Gasteiger charge is 2.14. The number of hydrogen-bond donors (Lipinski definition) is 1. The molecule has 0 saturated heterocycles. The molecular formula is C16H13NO3. The van der Waals surface area contributed by atoms with Gasteiger partial charge in [0.2, 0.25) is 0 Å². The van der Waals surface area contributed by atoms with Crippen LogP contribution < -0.4 is 4.74 Å². The molecule has 0 amide bonds. The summed E-state index contributed by atoms with van der Waals surface area (Å²) in [5.41, 5.74) is 2.25. The first-order chi connectivity index (χ1) is 9.52. The van der Waals surface area contributed by atoms with E-state index in [2.05, 4.69) is 6.07 Å². The average molecular weight is 267 g/mol. The van der Waals surface area contributed by atoms with Gasteiger partial charge in [-0.3, -0.25) is 0 Å². The Morgan fingerprint density at radius 2 is 1.80 bits per heavy atom. The summed E-state index contributed by atoms with van der Waals surface area (Å²) in [6.45, 7) is 3.65. The molecule has 0 atom stereocenters. The molecule has 0 fully saturated rings. The summed E-state index contributed by atoms with van der Waals surface area (Å²) in [5, 5.41) is 18.1. The van der Waals surface area contributed by atoms with Gasteiger partial charge >= 0.3 is 5.97 Å². The lowest BCUT2D eigenvalue weighted by Crippen LogP contribution is -2.01. The maximum absolute atomic E-state index is 11.2. The second kappa shape index (κ2) is 5.45. The Morgan fingerprint density at radius 1 is 1.20 bits per heavy atom. The first kappa shape index (κ1) is 13.6. The quantitative estimate of drug-likeness (QED) is 0.921. The average Bonchev–Trinajstić information content (AvgIpc) is 2.42. The van der Waals surface area contributed by atoms with Gasteiger partial charge in [-0.05, 0) is 49.2 Å². The van der Waals surface area contributed by atoms with Gasteiger partial charge in [-0.15, -0.1) is 0 Å². The molecule has 0 aliphatic rings. The highest BCUT2D eigenvalue weighted by Crippen LogP contribution is 2.31. The van der Waals surface area contributed by atoms with Crippen molar-refractivity contribution in [3.8, 4) is 17.6 Å². The number of benzene rings is 2. The van der Waals surface area contributed by atoms with Crippen molar-refractivity contribution in [3.63, 3.8) is 0 Å². The third-order valence-electron chi connectivity index (χ3n) is 2.92. The first-order valence-corrected chi connectivity index (χ1v) is 6.04. The van der Waals surface area contributed by atoms with Crippen LogP contribution in [0.5, 0.6) is 11.5 Å². The zero-order chi connectivity index (χ0) is 14.7. The van der Waals surface area contributed by atoms with Gasteiger partial charge in [-0.2, -0.15) is 5.26 Å². The first-order valence-electron chi connectivity index (χ1n) is 6.04. The monoisotopic (exact) mass is 267 g/mol. The topological polar surface area (TPSA) is 70.3 Å². The highest BCUT2D eigenvalue weighted by molar-refractivity contribution is 5.91. The number of hydrogen-bond acceptors (Lipinski definition) is 3. The fraction of sp³-hybridized carbons (Fsp3) is 0.125. The fourth-order valence-electron chi connectivity index (χ4n) is 2.02. The van der Waals surface area contributed by atoms with Crippen LogP contribution in [0.3, 0.4) is 0 Å².